The van der Waals surface area contributed by atoms with Crippen LogP contribution in [0.3, 0.4) is 0 Å². The van der Waals surface area contributed by atoms with Gasteiger partial charge in [-0.25, -0.2) is 0 Å². The topological polar surface area (TPSA) is 1350 Å². The Kier molecular flexibility index (Phi) is 872. The van der Waals surface area contributed by atoms with E-state index >= 15 is 0 Å². The molecule has 0 fully saturated rings. The molecule has 8 rings (SSSR count). The van der Waals surface area contributed by atoms with E-state index in [1.807, 2.05) is 97.1 Å². The summed E-state index contributed by atoms with van der Waals surface area (Å²) < 4.78 is 0. The van der Waals surface area contributed by atoms with Gasteiger partial charge in [0, 0.05) is 273 Å². The van der Waals surface area contributed by atoms with E-state index in [2.05, 4.69) is 61.6 Å². The number of aromatic amines is 8. The largest absolute Gasteiger partial charge is 2.00 e. The van der Waals surface area contributed by atoms with Gasteiger partial charge in [-0.3, -0.25) is 0 Å². The Morgan fingerprint density at radius 1 is 0.209 bits per heavy atom. The predicted octanol–water partition coefficient (Wildman–Crippen LogP) is -9.59. The smallest absolute Gasteiger partial charge is 0.248 e. The number of aromatic nitrogens is 12. The summed E-state index contributed by atoms with van der Waals surface area (Å²) in [4.78, 5) is 34.3. The number of para-hydroxylation sites is 8. The molecule has 0 radical (unpaired) electrons. The Balaban J connectivity index is -0.00000000522. The minimum Gasteiger partial charge on any atom is -2.00 e. The molecule has 4 aromatic carbocycles. The number of hydrogen-bond acceptors (Lipinski definition) is 8. The van der Waals surface area contributed by atoms with Crippen molar-refractivity contribution in [3.8, 4) is 0 Å². The van der Waals surface area contributed by atoms with Crippen molar-refractivity contribution in [2.45, 2.75) is 0 Å². The molecule has 0 aliphatic carbocycles. The van der Waals surface area contributed by atoms with Gasteiger partial charge in [-0.1, -0.05) is 69.4 Å². The number of nitrogens with one attached hydrogen (secondary N) is 8. The minimum atomic E-state index is -5.61. The molecule has 8 aromatic rings. The van der Waals surface area contributed by atoms with Crippen LogP contribution in [0.1, 0.15) is 0 Å². The Morgan fingerprint density at radius 2 is 0.297 bits per heavy atom. The van der Waals surface area contributed by atoms with Gasteiger partial charge in [-0.05, 0) is 48.5 Å². The number of benzene rings is 4. The van der Waals surface area contributed by atoms with E-state index in [9.17, 15) is 0 Å². The van der Waals surface area contributed by atoms with Crippen LogP contribution >= 0.6 is 0 Å². The molecular formula is C24H28Mo12N12O42Si-72. The van der Waals surface area contributed by atoms with Crippen molar-refractivity contribution < 1.29 is 500 Å². The van der Waals surface area contributed by atoms with Crippen LogP contribution < -0.4 is 39.6 Å². The van der Waals surface area contributed by atoms with Crippen LogP contribution in [0.5, 0.6) is 0 Å². The van der Waals surface area contributed by atoms with E-state index < -0.39 is 9.05 Å². The van der Waals surface area contributed by atoms with E-state index in [1.165, 1.54) is 0 Å². The monoisotopic (exact) mass is 2360 g/mol. The van der Waals surface area contributed by atoms with Gasteiger partial charge in [0.2, 0.25) is 22.1 Å². The molecule has 0 spiro atoms. The van der Waals surface area contributed by atoms with Gasteiger partial charge < -0.3 is 236 Å². The first-order chi connectivity index (χ1) is 19.9. The van der Waals surface area contributed by atoms with Crippen molar-refractivity contribution in [1.29, 1.82) is 0 Å². The molecule has 67 heteroatoms. The quantitative estimate of drug-likeness (QED) is 0.105. The van der Waals surface area contributed by atoms with Crippen molar-refractivity contribution in [2.75, 3.05) is 0 Å². The Labute approximate surface area is 684 Å². The van der Waals surface area contributed by atoms with Gasteiger partial charge in [0.15, 0.2) is 22.1 Å². The number of nitrogens with zero attached hydrogens (tertiary/aromatic N) is 4. The summed E-state index contributed by atoms with van der Waals surface area (Å²) in [5.41, 5.74) is 8.04. The van der Waals surface area contributed by atoms with Gasteiger partial charge >= 0.3 is 0 Å². The van der Waals surface area contributed by atoms with Gasteiger partial charge in [-0.15, -0.1) is 0 Å². The number of H-pyrrole nitrogens is 8. The molecule has 0 saturated heterocycles. The normalized spacial score (nSPS) is 4.70. The second kappa shape index (κ2) is 212. The van der Waals surface area contributed by atoms with Crippen LogP contribution in [-0.2, 0) is 450 Å². The molecule has 0 unspecified atom stereocenters. The van der Waals surface area contributed by atoms with Crippen molar-refractivity contribution in [3.05, 3.63) is 97.1 Å². The van der Waals surface area contributed by atoms with Crippen molar-refractivity contribution in [1.82, 2.24) is 41.2 Å². The van der Waals surface area contributed by atoms with E-state index in [4.69, 9.17) is 19.2 Å². The van der Waals surface area contributed by atoms with E-state index in [-0.39, 0.29) is 461 Å². The van der Waals surface area contributed by atoms with Gasteiger partial charge in [-0.2, -0.15) is 20.4 Å². The summed E-state index contributed by atoms with van der Waals surface area (Å²) in [6, 6.07) is 31.4. The molecule has 91 heavy (non-hydrogen) atoms. The maximum absolute atomic E-state index is 8.58. The zero-order valence-electron chi connectivity index (χ0n) is 41.8. The molecule has 0 aliphatic heterocycles. The van der Waals surface area contributed by atoms with Crippen molar-refractivity contribution >= 4 is 53.2 Å². The van der Waals surface area contributed by atoms with Gasteiger partial charge in [0.05, 0.1) is 0 Å². The first-order valence-corrected chi connectivity index (χ1v) is 13.5. The van der Waals surface area contributed by atoms with Crippen LogP contribution in [-0.4, -0.2) is 61.2 Å². The fourth-order valence-electron chi connectivity index (χ4n) is 3.30. The number of rotatable bonds is 0. The first-order valence-electron chi connectivity index (χ1n) is 11.9. The molecule has 0 amide bonds. The minimum absolute atomic E-state index is 0. The summed E-state index contributed by atoms with van der Waals surface area (Å²) in [6.45, 7) is 0. The molecule has 0 bridgehead atoms. The van der Waals surface area contributed by atoms with Crippen LogP contribution in [0.25, 0.3) is 44.1 Å². The molecule has 4 heterocycles. The standard InChI is InChI=1S/4C6H5N3.12Mo.O4Si.2H2O.36O/c4*1-2-4-6-5(3-1)7-9-8-6;;;;;;;;;;;;;1-5(2,3)4;;;;;;;;;;;;;;;;;;;;;;;;;;;;;;;;;;;;;;/h4*1-4H,(H,7,8,9);;;;;;;;;;;;;;2*1H2;;;;;;;;;;;;;;;;;;;;;;;;;;;;;;;;;;;;/q;;;;;;;;;;;;;;;;-4;;;36*-2/p+4. The second-order valence-electron chi connectivity index (χ2n) is 7.96. The van der Waals surface area contributed by atoms with E-state index in [0.717, 1.165) is 44.1 Å². The zero-order chi connectivity index (χ0) is 28.9. The Hall–Kier alpha value is 1.28. The van der Waals surface area contributed by atoms with E-state index in [0.29, 0.717) is 0 Å². The van der Waals surface area contributed by atoms with Gasteiger partial charge in [0.1, 0.15) is 0 Å². The first kappa shape index (κ1) is 375. The summed E-state index contributed by atoms with van der Waals surface area (Å²) in [5.74, 6) is 0. The number of hydrogen-bond donors (Lipinski definition) is 4. The third-order valence-electron chi connectivity index (χ3n) is 5.08. The third-order valence-corrected chi connectivity index (χ3v) is 5.08. The molecule has 54 nitrogen and oxygen atoms in total. The number of fused-ring (bicyclic) bond motifs is 4. The van der Waals surface area contributed by atoms with Crippen molar-refractivity contribution in [2.24, 2.45) is 0 Å². The summed E-state index contributed by atoms with van der Waals surface area (Å²) in [5, 5.41) is 37.9. The molecule has 0 aliphatic rings. The fraction of sp³-hybridized carbons (Fsp3) is 0. The zero-order valence-corrected chi connectivity index (χ0v) is 66.8. The molecule has 584 valence electrons. The summed E-state index contributed by atoms with van der Waals surface area (Å²) >= 11 is 0. The van der Waals surface area contributed by atoms with Crippen LogP contribution in [0.4, 0.5) is 0 Å². The average Bonchev–Trinajstić information content (AvgIpc) is 3.79. The van der Waals surface area contributed by atoms with Crippen molar-refractivity contribution in [3.63, 3.8) is 0 Å². The van der Waals surface area contributed by atoms with Crippen LogP contribution in [0, 0.1) is 0 Å². The fourth-order valence-corrected chi connectivity index (χ4v) is 3.30. The molecule has 0 saturated carbocycles. The van der Waals surface area contributed by atoms with Crippen LogP contribution in [0.2, 0.25) is 0 Å². The Bertz CT molecular complexity index is 1620. The maximum atomic E-state index is 8.58. The molecule has 0 atom stereocenters. The Morgan fingerprint density at radius 3 is 0.385 bits per heavy atom. The SMILES string of the molecule is O.O.[Mo].[Mo].[Mo].[Mo].[Mo].[Mo].[Mo].[Mo].[Mo].[Mo].[Mo].[Mo].[O-2].[O-2].[O-2].[O-2].[O-2].[O-2].[O-2].[O-2].[O-2].[O-2].[O-2].[O-2].[O-2].[O-2].[O-2].[O-2].[O-2].[O-2].[O-2].[O-2].[O-2].[O-2].[O-2].[O-2].[O-2].[O-2].[O-2].[O-2].[O-2].[O-2].[O-2].[O-2].[O-2].[O-2].[O-2].[O-2].[O-][Si]([O-])([O-])[O-].c1ccc2[nH+][nH]nc2c1.c1ccc2[nH+][nH]nc2c1.c1ccc2[nH+][nH]nc2c1.c1ccc2[nH+][nH]nc2c1. The second-order valence-corrected chi connectivity index (χ2v) is 8.96. The van der Waals surface area contributed by atoms with Crippen LogP contribution in [0.15, 0.2) is 97.1 Å². The van der Waals surface area contributed by atoms with Gasteiger partial charge in [0.25, 0.3) is 0 Å². The summed E-state index contributed by atoms with van der Waals surface area (Å²) in [7, 11) is -5.61. The third kappa shape index (κ3) is 152. The molecule has 12 N–H and O–H groups in total. The molecule has 4 aromatic heterocycles. The predicted molar refractivity (Wildman–Crippen MR) is 168 cm³/mol. The summed E-state index contributed by atoms with van der Waals surface area (Å²) in [6.07, 6.45) is 0. The van der Waals surface area contributed by atoms with E-state index in [1.54, 1.807) is 0 Å². The molecular weight excluding hydrogens is 2310 g/mol. The maximum Gasteiger partial charge on any atom is 0.248 e. The average molecular weight is 2340 g/mol.